The van der Waals surface area contributed by atoms with Crippen LogP contribution >= 0.6 is 0 Å². The maximum Gasteiger partial charge on any atom is 0.0320 e. The number of hydrogen-bond acceptors (Lipinski definition) is 0. The molecule has 5 atom stereocenters. The molecule has 0 spiro atoms. The molecule has 0 radical (unpaired) electrons. The third-order valence-electron chi connectivity index (χ3n) is 7.85. The molecule has 0 amide bonds. The normalized spacial score (nSPS) is 36.8. The molecule has 0 N–H and O–H groups in total. The lowest BCUT2D eigenvalue weighted by Crippen LogP contribution is -2.41. The monoisotopic (exact) mass is 318 g/mol. The summed E-state index contributed by atoms with van der Waals surface area (Å²) in [5, 5.41) is 0. The zero-order chi connectivity index (χ0) is 16.9. The second kappa shape index (κ2) is 5.80. The maximum atomic E-state index is 4.00. The van der Waals surface area contributed by atoms with E-state index in [0.717, 1.165) is 23.7 Å². The average molecular weight is 319 g/mol. The Hall–Kier alpha value is -1.48. The van der Waals surface area contributed by atoms with Crippen LogP contribution < -0.4 is 0 Å². The highest BCUT2D eigenvalue weighted by molar-refractivity contribution is 5.61. The summed E-state index contributed by atoms with van der Waals surface area (Å²) in [5.74, 6) is 9.93. The van der Waals surface area contributed by atoms with Crippen molar-refractivity contribution in [1.29, 1.82) is 0 Å². The van der Waals surface area contributed by atoms with Gasteiger partial charge in [0.1, 0.15) is 0 Å². The van der Waals surface area contributed by atoms with Crippen molar-refractivity contribution in [3.63, 3.8) is 0 Å². The highest BCUT2D eigenvalue weighted by Gasteiger charge is 2.53. The lowest BCUT2D eigenvalue weighted by atomic mass is 9.54. The summed E-state index contributed by atoms with van der Waals surface area (Å²) in [6.07, 6.45) is 10.3. The lowest BCUT2D eigenvalue weighted by Gasteiger charge is -2.50. The Kier molecular flexibility index (Phi) is 3.87. The summed E-state index contributed by atoms with van der Waals surface area (Å²) < 4.78 is 0. The van der Waals surface area contributed by atoms with E-state index in [1.54, 1.807) is 11.1 Å². The molecular weight excluding hydrogens is 288 g/mol. The van der Waals surface area contributed by atoms with E-state index < -0.39 is 0 Å². The molecule has 24 heavy (non-hydrogen) atoms. The Bertz CT molecular complexity index is 728. The molecule has 0 bridgehead atoms. The fraction of sp³-hybridized carbons (Fsp3) is 0.583. The molecule has 1 aromatic carbocycles. The van der Waals surface area contributed by atoms with Crippen LogP contribution in [-0.2, 0) is 6.42 Å². The van der Waals surface area contributed by atoms with Gasteiger partial charge in [-0.15, -0.1) is 5.92 Å². The van der Waals surface area contributed by atoms with E-state index >= 15 is 0 Å². The predicted octanol–water partition coefficient (Wildman–Crippen LogP) is 6.19. The fourth-order valence-electron chi connectivity index (χ4n) is 6.31. The summed E-state index contributed by atoms with van der Waals surface area (Å²) in [5.41, 5.74) is 6.20. The number of benzene rings is 1. The van der Waals surface area contributed by atoms with Gasteiger partial charge < -0.3 is 0 Å². The molecule has 4 unspecified atom stereocenters. The van der Waals surface area contributed by atoms with Crippen LogP contribution in [0.25, 0.3) is 6.08 Å². The Balaban J connectivity index is 1.75. The minimum Gasteiger partial charge on any atom is -0.101 e. The van der Waals surface area contributed by atoms with Crippen molar-refractivity contribution < 1.29 is 0 Å². The van der Waals surface area contributed by atoms with E-state index in [1.807, 2.05) is 13.0 Å². The number of rotatable bonds is 1. The molecule has 126 valence electrons. The third kappa shape index (κ3) is 2.21. The number of fused-ring (bicyclic) bond motifs is 5. The van der Waals surface area contributed by atoms with Gasteiger partial charge >= 0.3 is 0 Å². The van der Waals surface area contributed by atoms with Crippen molar-refractivity contribution in [2.75, 3.05) is 0 Å². The Labute approximate surface area is 147 Å². The molecule has 3 aliphatic rings. The largest absolute Gasteiger partial charge is 0.101 e. The number of aryl methyl sites for hydroxylation is 1. The van der Waals surface area contributed by atoms with Crippen LogP contribution in [0.2, 0.25) is 0 Å². The van der Waals surface area contributed by atoms with Gasteiger partial charge in [-0.05, 0) is 97.3 Å². The second-order valence-corrected chi connectivity index (χ2v) is 8.66. The van der Waals surface area contributed by atoms with Gasteiger partial charge in [0.25, 0.3) is 0 Å². The van der Waals surface area contributed by atoms with Crippen molar-refractivity contribution in [3.8, 4) is 11.8 Å². The average Bonchev–Trinajstić information content (AvgIpc) is 2.89. The van der Waals surface area contributed by atoms with Gasteiger partial charge in [0.2, 0.25) is 0 Å². The summed E-state index contributed by atoms with van der Waals surface area (Å²) in [6, 6.07) is 4.80. The van der Waals surface area contributed by atoms with Gasteiger partial charge in [-0.1, -0.05) is 38.5 Å². The molecule has 1 aromatic rings. The highest BCUT2D eigenvalue weighted by atomic mass is 14.6. The van der Waals surface area contributed by atoms with Crippen molar-refractivity contribution in [1.82, 2.24) is 0 Å². The Morgan fingerprint density at radius 2 is 2.04 bits per heavy atom. The zero-order valence-corrected chi connectivity index (χ0v) is 15.5. The lowest BCUT2D eigenvalue weighted by molar-refractivity contribution is 0.0337. The van der Waals surface area contributed by atoms with Crippen molar-refractivity contribution in [2.45, 2.75) is 65.2 Å². The van der Waals surface area contributed by atoms with Crippen LogP contribution in [0.4, 0.5) is 0 Å². The zero-order valence-electron chi connectivity index (χ0n) is 15.5. The molecule has 0 heteroatoms. The first-order valence-electron chi connectivity index (χ1n) is 9.80. The molecule has 0 nitrogen and oxygen atoms in total. The minimum atomic E-state index is 0.603. The molecule has 0 heterocycles. The van der Waals surface area contributed by atoms with Gasteiger partial charge in [-0.2, -0.15) is 0 Å². The van der Waals surface area contributed by atoms with Crippen LogP contribution in [0, 0.1) is 35.0 Å². The van der Waals surface area contributed by atoms with E-state index in [2.05, 4.69) is 44.4 Å². The van der Waals surface area contributed by atoms with E-state index in [4.69, 9.17) is 0 Å². The first-order chi connectivity index (χ1) is 11.6. The topological polar surface area (TPSA) is 0 Å². The third-order valence-corrected chi connectivity index (χ3v) is 7.85. The predicted molar refractivity (Wildman–Crippen MR) is 103 cm³/mol. The van der Waals surface area contributed by atoms with E-state index in [1.165, 1.54) is 49.7 Å². The van der Waals surface area contributed by atoms with Crippen LogP contribution in [0.5, 0.6) is 0 Å². The number of hydrogen-bond donors (Lipinski definition) is 0. The van der Waals surface area contributed by atoms with Gasteiger partial charge in [0, 0.05) is 5.56 Å². The first kappa shape index (κ1) is 16.0. The van der Waals surface area contributed by atoms with Gasteiger partial charge in [-0.3, -0.25) is 0 Å². The van der Waals surface area contributed by atoms with Gasteiger partial charge in [0.05, 0.1) is 0 Å². The SMILES string of the molecule is C=Cc1cc2c(cc1C#CC)C1CC[C@]3(C)C(C)CCC3C1CC2. The summed E-state index contributed by atoms with van der Waals surface area (Å²) in [7, 11) is 0. The van der Waals surface area contributed by atoms with E-state index in [0.29, 0.717) is 5.41 Å². The highest BCUT2D eigenvalue weighted by Crippen LogP contribution is 2.62. The molecule has 2 fully saturated rings. The van der Waals surface area contributed by atoms with Crippen LogP contribution in [0.1, 0.15) is 81.0 Å². The first-order valence-corrected chi connectivity index (χ1v) is 9.80. The molecule has 3 aliphatic carbocycles. The fourth-order valence-corrected chi connectivity index (χ4v) is 6.31. The van der Waals surface area contributed by atoms with Crippen molar-refractivity contribution in [3.05, 3.63) is 41.0 Å². The van der Waals surface area contributed by atoms with Crippen LogP contribution in [0.15, 0.2) is 18.7 Å². The summed E-state index contributed by atoms with van der Waals surface area (Å²) in [6.45, 7) is 11.0. The maximum absolute atomic E-state index is 4.00. The Morgan fingerprint density at radius 1 is 1.21 bits per heavy atom. The summed E-state index contributed by atoms with van der Waals surface area (Å²) in [4.78, 5) is 0. The van der Waals surface area contributed by atoms with Gasteiger partial charge in [0.15, 0.2) is 0 Å². The van der Waals surface area contributed by atoms with E-state index in [9.17, 15) is 0 Å². The molecule has 0 aliphatic heterocycles. The quantitative estimate of drug-likeness (QED) is 0.541. The van der Waals surface area contributed by atoms with Crippen molar-refractivity contribution >= 4 is 6.08 Å². The van der Waals surface area contributed by atoms with Crippen LogP contribution in [0.3, 0.4) is 0 Å². The van der Waals surface area contributed by atoms with Crippen LogP contribution in [-0.4, -0.2) is 0 Å². The van der Waals surface area contributed by atoms with Crippen molar-refractivity contribution in [2.24, 2.45) is 23.2 Å². The summed E-state index contributed by atoms with van der Waals surface area (Å²) >= 11 is 0. The second-order valence-electron chi connectivity index (χ2n) is 8.66. The van der Waals surface area contributed by atoms with E-state index in [-0.39, 0.29) is 0 Å². The smallest absolute Gasteiger partial charge is 0.0320 e. The molecule has 2 saturated carbocycles. The molecule has 0 aromatic heterocycles. The minimum absolute atomic E-state index is 0.603. The molecular formula is C24H30. The molecule has 4 rings (SSSR count). The Morgan fingerprint density at radius 3 is 2.79 bits per heavy atom. The van der Waals surface area contributed by atoms with Gasteiger partial charge in [-0.25, -0.2) is 0 Å². The standard InChI is InChI=1S/C24H30/c1-5-7-18-15-22-19(14-17(18)6-2)9-10-21-20(22)12-13-24(4)16(3)8-11-23(21)24/h6,14-16,20-21,23H,2,8-13H2,1,3-4H3/t16?,20?,21?,23?,24-/m1/s1. The molecule has 0 saturated heterocycles.